The van der Waals surface area contributed by atoms with Crippen LogP contribution >= 0.6 is 0 Å². The van der Waals surface area contributed by atoms with Crippen molar-refractivity contribution in [3.05, 3.63) is 29.8 Å². The lowest BCUT2D eigenvalue weighted by Crippen LogP contribution is -2.29. The summed E-state index contributed by atoms with van der Waals surface area (Å²) in [6.07, 6.45) is 0.897. The molecule has 1 unspecified atom stereocenters. The Morgan fingerprint density at radius 3 is 2.59 bits per heavy atom. The van der Waals surface area contributed by atoms with Crippen LogP contribution in [0.25, 0.3) is 0 Å². The number of nitriles is 1. The van der Waals surface area contributed by atoms with Crippen molar-refractivity contribution in [2.45, 2.75) is 12.5 Å². The van der Waals surface area contributed by atoms with Gasteiger partial charge in [-0.1, -0.05) is 12.1 Å². The van der Waals surface area contributed by atoms with E-state index in [1.807, 2.05) is 24.3 Å². The maximum atomic E-state index is 8.74. The molecule has 0 fully saturated rings. The van der Waals surface area contributed by atoms with Crippen molar-refractivity contribution in [1.29, 1.82) is 5.26 Å². The first kappa shape index (κ1) is 13.5. The first-order valence-corrected chi connectivity index (χ1v) is 5.57. The molecule has 0 aliphatic carbocycles. The number of rotatable bonds is 7. The molecule has 1 N–H and O–H groups in total. The maximum absolute atomic E-state index is 8.74. The molecule has 0 spiro atoms. The van der Waals surface area contributed by atoms with Crippen LogP contribution in [0.15, 0.2) is 24.3 Å². The highest BCUT2D eigenvalue weighted by Crippen LogP contribution is 2.12. The van der Waals surface area contributed by atoms with E-state index in [1.54, 1.807) is 14.2 Å². The fourth-order valence-electron chi connectivity index (χ4n) is 1.34. The van der Waals surface area contributed by atoms with Crippen molar-refractivity contribution < 1.29 is 9.47 Å². The molecular formula is C13H18N2O2. The molecule has 1 atom stereocenters. The number of likely N-dealkylation sites (N-methyl/N-ethyl adjacent to an activating group) is 1. The fraction of sp³-hybridized carbons (Fsp3) is 0.462. The molecule has 1 aromatic rings. The normalized spacial score (nSPS) is 11.8. The van der Waals surface area contributed by atoms with Gasteiger partial charge in [0.05, 0.1) is 12.7 Å². The van der Waals surface area contributed by atoms with Crippen LogP contribution in [-0.2, 0) is 11.2 Å². The first-order valence-electron chi connectivity index (χ1n) is 5.57. The average Bonchev–Trinajstić information content (AvgIpc) is 2.39. The van der Waals surface area contributed by atoms with Crippen LogP contribution in [0.3, 0.4) is 0 Å². The van der Waals surface area contributed by atoms with Crippen LogP contribution in [0.2, 0.25) is 0 Å². The molecule has 1 aromatic carbocycles. The van der Waals surface area contributed by atoms with Crippen molar-refractivity contribution in [2.75, 3.05) is 27.4 Å². The highest BCUT2D eigenvalue weighted by molar-refractivity contribution is 5.27. The molecule has 0 aliphatic rings. The third-order valence-electron chi connectivity index (χ3n) is 2.44. The van der Waals surface area contributed by atoms with Crippen molar-refractivity contribution in [3.8, 4) is 11.8 Å². The topological polar surface area (TPSA) is 54.3 Å². The second kappa shape index (κ2) is 7.66. The molecule has 0 aliphatic heterocycles. The van der Waals surface area contributed by atoms with Crippen molar-refractivity contribution in [1.82, 2.24) is 5.32 Å². The molecule has 4 heteroatoms. The quantitative estimate of drug-likeness (QED) is 0.774. The SMILES string of the molecule is CNC(C#N)COc1ccc(CCOC)cc1. The van der Waals surface area contributed by atoms with E-state index in [1.165, 1.54) is 5.56 Å². The van der Waals surface area contributed by atoms with Gasteiger partial charge in [-0.3, -0.25) is 0 Å². The third kappa shape index (κ3) is 4.85. The number of methoxy groups -OCH3 is 1. The molecular weight excluding hydrogens is 216 g/mol. The van der Waals surface area contributed by atoms with Crippen LogP contribution in [-0.4, -0.2) is 33.4 Å². The van der Waals surface area contributed by atoms with Crippen LogP contribution in [0.4, 0.5) is 0 Å². The molecule has 0 saturated carbocycles. The van der Waals surface area contributed by atoms with Gasteiger partial charge in [0.2, 0.25) is 0 Å². The van der Waals surface area contributed by atoms with Gasteiger partial charge in [-0.25, -0.2) is 0 Å². The Labute approximate surface area is 102 Å². The minimum Gasteiger partial charge on any atom is -0.491 e. The Kier molecular flexibility index (Phi) is 6.08. The van der Waals surface area contributed by atoms with Crippen molar-refractivity contribution in [3.63, 3.8) is 0 Å². The maximum Gasteiger partial charge on any atom is 0.129 e. The lowest BCUT2D eigenvalue weighted by Gasteiger charge is -2.10. The average molecular weight is 234 g/mol. The van der Waals surface area contributed by atoms with Crippen molar-refractivity contribution >= 4 is 0 Å². The smallest absolute Gasteiger partial charge is 0.129 e. The van der Waals surface area contributed by atoms with Gasteiger partial charge in [-0.15, -0.1) is 0 Å². The second-order valence-electron chi connectivity index (χ2n) is 3.67. The minimum atomic E-state index is -0.275. The molecule has 17 heavy (non-hydrogen) atoms. The molecule has 4 nitrogen and oxygen atoms in total. The summed E-state index contributed by atoms with van der Waals surface area (Å²) >= 11 is 0. The van der Waals surface area contributed by atoms with Gasteiger partial charge in [0.25, 0.3) is 0 Å². The minimum absolute atomic E-state index is 0.275. The zero-order chi connectivity index (χ0) is 12.5. The summed E-state index contributed by atoms with van der Waals surface area (Å²) in [6.45, 7) is 1.07. The predicted octanol–water partition coefficient (Wildman–Crippen LogP) is 1.37. The van der Waals surface area contributed by atoms with Gasteiger partial charge in [0.1, 0.15) is 18.4 Å². The van der Waals surface area contributed by atoms with E-state index in [9.17, 15) is 0 Å². The van der Waals surface area contributed by atoms with Crippen molar-refractivity contribution in [2.24, 2.45) is 0 Å². The Morgan fingerprint density at radius 1 is 1.35 bits per heavy atom. The fourth-order valence-corrected chi connectivity index (χ4v) is 1.34. The summed E-state index contributed by atoms with van der Waals surface area (Å²) in [7, 11) is 3.43. The van der Waals surface area contributed by atoms with Gasteiger partial charge in [-0.2, -0.15) is 5.26 Å². The molecule has 0 radical (unpaired) electrons. The Morgan fingerprint density at radius 2 is 2.06 bits per heavy atom. The molecule has 0 amide bonds. The number of hydrogen-bond acceptors (Lipinski definition) is 4. The summed E-state index contributed by atoms with van der Waals surface area (Å²) in [5.41, 5.74) is 1.21. The first-order chi connectivity index (χ1) is 8.30. The van der Waals surface area contributed by atoms with Crippen LogP contribution in [0, 0.1) is 11.3 Å². The van der Waals surface area contributed by atoms with E-state index in [-0.39, 0.29) is 6.04 Å². The largest absolute Gasteiger partial charge is 0.491 e. The zero-order valence-corrected chi connectivity index (χ0v) is 10.3. The van der Waals surface area contributed by atoms with Gasteiger partial charge >= 0.3 is 0 Å². The Hall–Kier alpha value is -1.57. The van der Waals surface area contributed by atoms with Crippen LogP contribution < -0.4 is 10.1 Å². The summed E-state index contributed by atoms with van der Waals surface area (Å²) in [6, 6.07) is 9.68. The van der Waals surface area contributed by atoms with E-state index in [2.05, 4.69) is 11.4 Å². The van der Waals surface area contributed by atoms with Crippen LogP contribution in [0.5, 0.6) is 5.75 Å². The summed E-state index contributed by atoms with van der Waals surface area (Å²) in [5, 5.41) is 11.6. The van der Waals surface area contributed by atoms with E-state index in [0.717, 1.165) is 18.8 Å². The highest BCUT2D eigenvalue weighted by Gasteiger charge is 2.04. The highest BCUT2D eigenvalue weighted by atomic mass is 16.5. The van der Waals surface area contributed by atoms with Gasteiger partial charge in [0.15, 0.2) is 0 Å². The van der Waals surface area contributed by atoms with E-state index >= 15 is 0 Å². The van der Waals surface area contributed by atoms with Gasteiger partial charge in [0, 0.05) is 7.11 Å². The van der Waals surface area contributed by atoms with E-state index < -0.39 is 0 Å². The van der Waals surface area contributed by atoms with Gasteiger partial charge in [-0.05, 0) is 31.2 Å². The zero-order valence-electron chi connectivity index (χ0n) is 10.3. The molecule has 0 bridgehead atoms. The number of ether oxygens (including phenoxy) is 2. The number of nitrogens with one attached hydrogen (secondary N) is 1. The third-order valence-corrected chi connectivity index (χ3v) is 2.44. The number of hydrogen-bond donors (Lipinski definition) is 1. The number of nitrogens with zero attached hydrogens (tertiary/aromatic N) is 1. The predicted molar refractivity (Wildman–Crippen MR) is 66.0 cm³/mol. The Balaban J connectivity index is 2.43. The summed E-state index contributed by atoms with van der Waals surface area (Å²) in [5.74, 6) is 0.779. The molecule has 0 saturated heterocycles. The lowest BCUT2D eigenvalue weighted by molar-refractivity contribution is 0.202. The second-order valence-corrected chi connectivity index (χ2v) is 3.67. The monoisotopic (exact) mass is 234 g/mol. The standard InChI is InChI=1S/C13H18N2O2/c1-15-12(9-14)10-17-13-5-3-11(4-6-13)7-8-16-2/h3-6,12,15H,7-8,10H2,1-2H3. The molecule has 1 rings (SSSR count). The van der Waals surface area contributed by atoms with E-state index in [4.69, 9.17) is 14.7 Å². The molecule has 92 valence electrons. The van der Waals surface area contributed by atoms with Gasteiger partial charge < -0.3 is 14.8 Å². The Bertz CT molecular complexity index is 357. The van der Waals surface area contributed by atoms with Crippen LogP contribution in [0.1, 0.15) is 5.56 Å². The summed E-state index contributed by atoms with van der Waals surface area (Å²) < 4.78 is 10.5. The molecule has 0 aromatic heterocycles. The number of benzene rings is 1. The van der Waals surface area contributed by atoms with E-state index in [0.29, 0.717) is 6.61 Å². The molecule has 0 heterocycles. The summed E-state index contributed by atoms with van der Waals surface area (Å²) in [4.78, 5) is 0. The lowest BCUT2D eigenvalue weighted by atomic mass is 10.1.